The van der Waals surface area contributed by atoms with Crippen molar-refractivity contribution in [3.05, 3.63) is 40.6 Å². The Morgan fingerprint density at radius 1 is 1.53 bits per heavy atom. The summed E-state index contributed by atoms with van der Waals surface area (Å²) in [6.45, 7) is 5.01. The molecule has 0 saturated heterocycles. The first-order valence-electron chi connectivity index (χ1n) is 5.11. The van der Waals surface area contributed by atoms with E-state index in [1.807, 2.05) is 11.7 Å². The van der Waals surface area contributed by atoms with Crippen molar-refractivity contribution in [2.45, 2.75) is 20.0 Å². The van der Waals surface area contributed by atoms with Crippen LogP contribution in [-0.2, 0) is 13.1 Å². The highest BCUT2D eigenvalue weighted by Gasteiger charge is 1.98. The molecule has 2 rings (SSSR count). The minimum atomic E-state index is 0.927. The third kappa shape index (κ3) is 2.91. The molecule has 2 aromatic heterocycles. The number of nitrogens with zero attached hydrogens (tertiary/aromatic N) is 2. The van der Waals surface area contributed by atoms with E-state index in [9.17, 15) is 0 Å². The van der Waals surface area contributed by atoms with E-state index in [-0.39, 0.29) is 0 Å². The summed E-state index contributed by atoms with van der Waals surface area (Å²) in [5.74, 6) is 0. The highest BCUT2D eigenvalue weighted by atomic mass is 32.1. The minimum absolute atomic E-state index is 0.927. The number of hydrogen-bond donors (Lipinski definition) is 1. The van der Waals surface area contributed by atoms with Crippen LogP contribution in [0.15, 0.2) is 30.2 Å². The van der Waals surface area contributed by atoms with Crippen molar-refractivity contribution >= 4 is 11.3 Å². The van der Waals surface area contributed by atoms with Crippen LogP contribution >= 0.6 is 11.3 Å². The van der Waals surface area contributed by atoms with Crippen LogP contribution in [0.3, 0.4) is 0 Å². The van der Waals surface area contributed by atoms with Crippen molar-refractivity contribution in [1.29, 1.82) is 0 Å². The van der Waals surface area contributed by atoms with E-state index in [1.54, 1.807) is 11.3 Å². The van der Waals surface area contributed by atoms with E-state index >= 15 is 0 Å². The van der Waals surface area contributed by atoms with Crippen LogP contribution in [0.25, 0.3) is 0 Å². The zero-order valence-corrected chi connectivity index (χ0v) is 9.63. The first-order chi connectivity index (χ1) is 7.38. The topological polar surface area (TPSA) is 29.9 Å². The molecule has 2 heterocycles. The van der Waals surface area contributed by atoms with Gasteiger partial charge in [0, 0.05) is 30.0 Å². The Hall–Kier alpha value is -1.13. The molecule has 0 aliphatic rings. The molecular formula is C11H15N3S. The summed E-state index contributed by atoms with van der Waals surface area (Å²) in [6, 6.07) is 2.16. The highest BCUT2D eigenvalue weighted by Crippen LogP contribution is 2.09. The summed E-state index contributed by atoms with van der Waals surface area (Å²) in [6.07, 6.45) is 6.23. The standard InChI is InChI=1S/C11H15N3S/c1-2-12-5-10-3-4-14(7-10)8-11-6-13-9-15-11/h3-4,6-7,9,12H,2,5,8H2,1H3. The molecule has 0 aliphatic heterocycles. The quantitative estimate of drug-likeness (QED) is 0.838. The summed E-state index contributed by atoms with van der Waals surface area (Å²) in [7, 11) is 0. The van der Waals surface area contributed by atoms with E-state index in [4.69, 9.17) is 0 Å². The van der Waals surface area contributed by atoms with Gasteiger partial charge in [-0.15, -0.1) is 11.3 Å². The maximum Gasteiger partial charge on any atom is 0.0794 e. The van der Waals surface area contributed by atoms with Gasteiger partial charge in [0.2, 0.25) is 0 Å². The Kier molecular flexibility index (Phi) is 3.53. The minimum Gasteiger partial charge on any atom is -0.349 e. The lowest BCUT2D eigenvalue weighted by Gasteiger charge is -1.99. The molecular weight excluding hydrogens is 206 g/mol. The highest BCUT2D eigenvalue weighted by molar-refractivity contribution is 7.09. The van der Waals surface area contributed by atoms with Crippen LogP contribution in [0, 0.1) is 0 Å². The lowest BCUT2D eigenvalue weighted by atomic mass is 10.3. The van der Waals surface area contributed by atoms with Gasteiger partial charge in [0.15, 0.2) is 0 Å². The van der Waals surface area contributed by atoms with Gasteiger partial charge in [0.25, 0.3) is 0 Å². The molecule has 0 amide bonds. The second kappa shape index (κ2) is 5.09. The van der Waals surface area contributed by atoms with Gasteiger partial charge in [-0.25, -0.2) is 0 Å². The molecule has 80 valence electrons. The zero-order chi connectivity index (χ0) is 10.5. The van der Waals surface area contributed by atoms with E-state index in [1.165, 1.54) is 10.4 Å². The Labute approximate surface area is 93.8 Å². The molecule has 0 fully saturated rings. The lowest BCUT2D eigenvalue weighted by molar-refractivity contribution is 0.722. The van der Waals surface area contributed by atoms with Crippen molar-refractivity contribution in [3.63, 3.8) is 0 Å². The van der Waals surface area contributed by atoms with Crippen molar-refractivity contribution in [2.75, 3.05) is 6.54 Å². The molecule has 0 spiro atoms. The second-order valence-electron chi connectivity index (χ2n) is 3.44. The summed E-state index contributed by atoms with van der Waals surface area (Å²) in [4.78, 5) is 5.36. The first kappa shape index (κ1) is 10.4. The van der Waals surface area contributed by atoms with Gasteiger partial charge in [0.1, 0.15) is 0 Å². The van der Waals surface area contributed by atoms with Crippen molar-refractivity contribution in [1.82, 2.24) is 14.9 Å². The molecule has 3 nitrogen and oxygen atoms in total. The molecule has 2 aromatic rings. The third-order valence-corrected chi connectivity index (χ3v) is 2.98. The molecule has 15 heavy (non-hydrogen) atoms. The Balaban J connectivity index is 1.95. The number of rotatable bonds is 5. The van der Waals surface area contributed by atoms with Crippen LogP contribution in [0.5, 0.6) is 0 Å². The van der Waals surface area contributed by atoms with E-state index in [0.29, 0.717) is 0 Å². The van der Waals surface area contributed by atoms with Gasteiger partial charge < -0.3 is 9.88 Å². The smallest absolute Gasteiger partial charge is 0.0794 e. The molecule has 0 aromatic carbocycles. The van der Waals surface area contributed by atoms with Crippen molar-refractivity contribution in [3.8, 4) is 0 Å². The maximum atomic E-state index is 4.07. The van der Waals surface area contributed by atoms with Gasteiger partial charge in [-0.05, 0) is 18.2 Å². The Morgan fingerprint density at radius 2 is 2.47 bits per heavy atom. The summed E-state index contributed by atoms with van der Waals surface area (Å²) < 4.78 is 2.19. The molecule has 0 bridgehead atoms. The Bertz CT molecular complexity index is 392. The predicted octanol–water partition coefficient (Wildman–Crippen LogP) is 2.10. The summed E-state index contributed by atoms with van der Waals surface area (Å²) in [5.41, 5.74) is 3.21. The third-order valence-electron chi connectivity index (χ3n) is 2.21. The van der Waals surface area contributed by atoms with Crippen LogP contribution in [-0.4, -0.2) is 16.1 Å². The molecule has 0 atom stereocenters. The fourth-order valence-corrected chi connectivity index (χ4v) is 2.07. The molecule has 0 unspecified atom stereocenters. The predicted molar refractivity (Wildman–Crippen MR) is 63.0 cm³/mol. The molecule has 1 N–H and O–H groups in total. The van der Waals surface area contributed by atoms with Crippen LogP contribution in [0.4, 0.5) is 0 Å². The molecule has 4 heteroatoms. The summed E-state index contributed by atoms with van der Waals surface area (Å²) >= 11 is 1.70. The van der Waals surface area contributed by atoms with Crippen molar-refractivity contribution in [2.24, 2.45) is 0 Å². The molecule has 0 aliphatic carbocycles. The van der Waals surface area contributed by atoms with Gasteiger partial charge >= 0.3 is 0 Å². The average molecular weight is 221 g/mol. The average Bonchev–Trinajstić information content (AvgIpc) is 2.87. The van der Waals surface area contributed by atoms with Crippen LogP contribution in [0.2, 0.25) is 0 Å². The van der Waals surface area contributed by atoms with E-state index in [0.717, 1.165) is 19.6 Å². The number of thiazole rings is 1. The normalized spacial score (nSPS) is 10.7. The van der Waals surface area contributed by atoms with Crippen LogP contribution < -0.4 is 5.32 Å². The fraction of sp³-hybridized carbons (Fsp3) is 0.364. The van der Waals surface area contributed by atoms with E-state index in [2.05, 4.69) is 40.3 Å². The van der Waals surface area contributed by atoms with Crippen LogP contribution in [0.1, 0.15) is 17.4 Å². The van der Waals surface area contributed by atoms with Gasteiger partial charge in [-0.3, -0.25) is 4.98 Å². The maximum absolute atomic E-state index is 4.07. The monoisotopic (exact) mass is 221 g/mol. The van der Waals surface area contributed by atoms with Crippen molar-refractivity contribution < 1.29 is 0 Å². The van der Waals surface area contributed by atoms with Gasteiger partial charge in [0.05, 0.1) is 12.1 Å². The largest absolute Gasteiger partial charge is 0.349 e. The number of aromatic nitrogens is 2. The zero-order valence-electron chi connectivity index (χ0n) is 8.81. The number of nitrogens with one attached hydrogen (secondary N) is 1. The SMILES string of the molecule is CCNCc1ccn(Cc2cncs2)c1. The van der Waals surface area contributed by atoms with E-state index < -0.39 is 0 Å². The second-order valence-corrected chi connectivity index (χ2v) is 4.41. The Morgan fingerprint density at radius 3 is 3.20 bits per heavy atom. The van der Waals surface area contributed by atoms with Gasteiger partial charge in [-0.1, -0.05) is 6.92 Å². The first-order valence-corrected chi connectivity index (χ1v) is 5.99. The molecule has 0 radical (unpaired) electrons. The van der Waals surface area contributed by atoms with Gasteiger partial charge in [-0.2, -0.15) is 0 Å². The number of hydrogen-bond acceptors (Lipinski definition) is 3. The molecule has 0 saturated carbocycles. The summed E-state index contributed by atoms with van der Waals surface area (Å²) in [5, 5.41) is 3.31. The lowest BCUT2D eigenvalue weighted by Crippen LogP contribution is -2.11. The fourth-order valence-electron chi connectivity index (χ4n) is 1.46.